The third-order valence-corrected chi connectivity index (χ3v) is 25.9. The van der Waals surface area contributed by atoms with Crippen LogP contribution >= 0.6 is 0 Å². The van der Waals surface area contributed by atoms with E-state index in [4.69, 9.17) is 0 Å². The molecule has 0 atom stereocenters. The van der Waals surface area contributed by atoms with Gasteiger partial charge in [-0.15, -0.1) is 0 Å². The first kappa shape index (κ1) is 75.8. The molecule has 572 valence electrons. The monoisotopic (exact) mass is 1490 g/mol. The number of hydrogen-bond acceptors (Lipinski definition) is 2. The molecule has 0 saturated heterocycles. The summed E-state index contributed by atoms with van der Waals surface area (Å²) in [7, 11) is 0. The van der Waals surface area contributed by atoms with Gasteiger partial charge in [0.1, 0.15) is 0 Å². The number of rotatable bonds is 9. The molecule has 4 heterocycles. The number of anilines is 6. The Labute approximate surface area is 679 Å². The second-order valence-corrected chi connectivity index (χ2v) is 40.8. The molecule has 15 aromatic rings. The Hall–Kier alpha value is -10.9. The van der Waals surface area contributed by atoms with Crippen LogP contribution in [0.25, 0.3) is 99.5 Å². The fourth-order valence-corrected chi connectivity index (χ4v) is 18.0. The number of hydrogen-bond donors (Lipinski definition) is 0. The zero-order valence-electron chi connectivity index (χ0n) is 71.8. The number of benzene rings is 13. The van der Waals surface area contributed by atoms with E-state index < -0.39 is 5.41 Å². The normalized spacial score (nSPS) is 13.7. The van der Waals surface area contributed by atoms with Crippen molar-refractivity contribution in [2.45, 2.75) is 197 Å². The molecule has 0 aliphatic carbocycles. The second-order valence-electron chi connectivity index (χ2n) is 40.8. The molecule has 0 bridgehead atoms. The number of para-hydroxylation sites is 4. The van der Waals surface area contributed by atoms with Crippen LogP contribution in [0.5, 0.6) is 0 Å². The first-order chi connectivity index (χ1) is 53.7. The van der Waals surface area contributed by atoms with Crippen molar-refractivity contribution in [3.05, 3.63) is 306 Å². The minimum atomic E-state index is -0.421. The molecule has 2 aliphatic rings. The molecular formula is C109H113BN4. The van der Waals surface area contributed by atoms with Crippen molar-refractivity contribution in [1.82, 2.24) is 9.13 Å². The van der Waals surface area contributed by atoms with E-state index in [-0.39, 0.29) is 44.6 Å². The lowest BCUT2D eigenvalue weighted by Gasteiger charge is -2.48. The zero-order chi connectivity index (χ0) is 80.6. The van der Waals surface area contributed by atoms with Gasteiger partial charge in [0.25, 0.3) is 6.71 Å². The van der Waals surface area contributed by atoms with E-state index in [2.05, 4.69) is 445 Å². The van der Waals surface area contributed by atoms with Crippen LogP contribution in [0.15, 0.2) is 267 Å². The first-order valence-corrected chi connectivity index (χ1v) is 41.6. The lowest BCUT2D eigenvalue weighted by Crippen LogP contribution is -2.61. The molecule has 0 N–H and O–H groups in total. The van der Waals surface area contributed by atoms with E-state index in [1.54, 1.807) is 0 Å². The van der Waals surface area contributed by atoms with Gasteiger partial charge in [-0.25, -0.2) is 0 Å². The van der Waals surface area contributed by atoms with Gasteiger partial charge in [-0.05, 0) is 206 Å². The lowest BCUT2D eigenvalue weighted by atomic mass is 9.33. The van der Waals surface area contributed by atoms with Crippen molar-refractivity contribution in [3.8, 4) is 55.9 Å². The van der Waals surface area contributed by atoms with Crippen molar-refractivity contribution in [1.29, 1.82) is 0 Å². The van der Waals surface area contributed by atoms with Gasteiger partial charge in [0.2, 0.25) is 0 Å². The van der Waals surface area contributed by atoms with Gasteiger partial charge in [0, 0.05) is 77.9 Å². The summed E-state index contributed by atoms with van der Waals surface area (Å²) in [6.45, 7) is 54.8. The van der Waals surface area contributed by atoms with Crippen LogP contribution in [-0.4, -0.2) is 15.8 Å². The smallest absolute Gasteiger partial charge is 0.252 e. The second kappa shape index (κ2) is 26.6. The molecule has 114 heavy (non-hydrogen) atoms. The largest absolute Gasteiger partial charge is 0.310 e. The van der Waals surface area contributed by atoms with E-state index >= 15 is 0 Å². The van der Waals surface area contributed by atoms with Crippen LogP contribution in [0.2, 0.25) is 0 Å². The molecule has 0 amide bonds. The van der Waals surface area contributed by atoms with Crippen molar-refractivity contribution in [3.63, 3.8) is 0 Å². The average Bonchev–Trinajstić information content (AvgIpc) is 0.689. The Morgan fingerprint density at radius 3 is 0.763 bits per heavy atom. The van der Waals surface area contributed by atoms with Gasteiger partial charge >= 0.3 is 0 Å². The third-order valence-electron chi connectivity index (χ3n) is 25.9. The highest BCUT2D eigenvalue weighted by atomic mass is 15.2. The summed E-state index contributed by atoms with van der Waals surface area (Å²) in [6, 6.07) is 105. The molecule has 4 nitrogen and oxygen atoms in total. The summed E-state index contributed by atoms with van der Waals surface area (Å²) in [4.78, 5) is 5.63. The van der Waals surface area contributed by atoms with Gasteiger partial charge in [-0.2, -0.15) is 0 Å². The molecule has 0 spiro atoms. The predicted octanol–water partition coefficient (Wildman–Crippen LogP) is 28.7. The van der Waals surface area contributed by atoms with Crippen molar-refractivity contribution < 1.29 is 0 Å². The van der Waals surface area contributed by atoms with Crippen LogP contribution in [-0.2, 0) is 37.9 Å². The SMILES string of the molecule is CC(C)(C)c1cccc(-c2cc(C(C)(C)C)cc(-c3cccc(C(C)(C)C)c3)c2N2c3cc(-n4c5ccccc5c5ccccc54)ccc3B3c4ccc(-n5c6ccccc6c6ccccc65)cc4N(c4c(-c5cccc(C(C)(C)C)c5)cc(C(C)(C)C)cc4-c4cccc(C(C)(C)C)c4)c4cc(C(C)(C)C(C)(C)C)cc2c43)c1. The van der Waals surface area contributed by atoms with E-state index in [0.717, 1.165) is 34.1 Å². The molecule has 5 heteroatoms. The Morgan fingerprint density at radius 2 is 0.500 bits per heavy atom. The van der Waals surface area contributed by atoms with E-state index in [0.29, 0.717) is 0 Å². The third kappa shape index (κ3) is 12.7. The first-order valence-electron chi connectivity index (χ1n) is 41.6. The number of nitrogens with zero attached hydrogens (tertiary/aromatic N) is 4. The molecule has 2 aromatic heterocycles. The van der Waals surface area contributed by atoms with Crippen LogP contribution < -0.4 is 26.2 Å². The van der Waals surface area contributed by atoms with E-state index in [9.17, 15) is 0 Å². The molecule has 0 saturated carbocycles. The van der Waals surface area contributed by atoms with Crippen molar-refractivity contribution in [2.75, 3.05) is 9.80 Å². The van der Waals surface area contributed by atoms with Gasteiger partial charge in [-0.3, -0.25) is 0 Å². The maximum absolute atomic E-state index is 2.81. The van der Waals surface area contributed by atoms with Gasteiger partial charge < -0.3 is 18.9 Å². The lowest BCUT2D eigenvalue weighted by molar-refractivity contribution is 0.225. The Morgan fingerprint density at radius 1 is 0.228 bits per heavy atom. The highest BCUT2D eigenvalue weighted by Crippen LogP contribution is 2.58. The summed E-state index contributed by atoms with van der Waals surface area (Å²) >= 11 is 0. The van der Waals surface area contributed by atoms with E-state index in [1.807, 2.05) is 0 Å². The predicted molar refractivity (Wildman–Crippen MR) is 496 cm³/mol. The standard InChI is InChI=1S/C109H113BN4/c1-102(2,3)72-40-32-36-68(56-72)85-60-76(106(13,14)15)61-86(69-37-33-41-73(57-69)103(4,5)6)100(85)113-95-66-79(111-91-48-28-24-44-81(91)82-45-25-29-49-92(82)111)52-54-89(95)110-90-55-53-80(112-93-50-30-26-46-83(93)84-47-27-31-51-94(84)112)67-96(90)114(98-65-78(64-97(113)99(98)110)109(22,23)108(19,20)21)101-87(70-38-34-42-74(58-70)104(7,8)9)62-77(107(16,17)18)63-88(101)71-39-35-43-75(59-71)105(10,11)12/h24-67H,1-23H3. The van der Waals surface area contributed by atoms with Crippen LogP contribution in [0.1, 0.15) is 198 Å². The summed E-state index contributed by atoms with van der Waals surface area (Å²) in [5.41, 5.74) is 34.4. The maximum atomic E-state index is 2.81. The van der Waals surface area contributed by atoms with Crippen molar-refractivity contribution >= 4 is 101 Å². The molecule has 0 fully saturated rings. The molecular weight excluding hydrogens is 1380 g/mol. The van der Waals surface area contributed by atoms with Crippen molar-refractivity contribution in [2.24, 2.45) is 5.41 Å². The van der Waals surface area contributed by atoms with Crippen LogP contribution in [0.4, 0.5) is 34.1 Å². The van der Waals surface area contributed by atoms with Gasteiger partial charge in [0.15, 0.2) is 0 Å². The Kier molecular flexibility index (Phi) is 17.7. The van der Waals surface area contributed by atoms with Gasteiger partial charge in [0.05, 0.1) is 33.4 Å². The number of fused-ring (bicyclic) bond motifs is 10. The van der Waals surface area contributed by atoms with Crippen LogP contribution in [0.3, 0.4) is 0 Å². The topological polar surface area (TPSA) is 16.3 Å². The van der Waals surface area contributed by atoms with Gasteiger partial charge in [-0.1, -0.05) is 341 Å². The fraction of sp³-hybridized carbons (Fsp3) is 0.284. The summed E-state index contributed by atoms with van der Waals surface area (Å²) in [6.07, 6.45) is 0. The highest BCUT2D eigenvalue weighted by molar-refractivity contribution is 7.00. The fourth-order valence-electron chi connectivity index (χ4n) is 18.0. The molecule has 13 aromatic carbocycles. The quantitative estimate of drug-likeness (QED) is 0.134. The molecule has 17 rings (SSSR count). The molecule has 0 radical (unpaired) electrons. The minimum Gasteiger partial charge on any atom is -0.310 e. The summed E-state index contributed by atoms with van der Waals surface area (Å²) in [5, 5.41) is 4.93. The average molecular weight is 1490 g/mol. The Balaban J connectivity index is 1.12. The number of aromatic nitrogens is 2. The summed E-state index contributed by atoms with van der Waals surface area (Å²) < 4.78 is 5.07. The Bertz CT molecular complexity index is 5750. The van der Waals surface area contributed by atoms with E-state index in [1.165, 1.54) is 155 Å². The zero-order valence-corrected chi connectivity index (χ0v) is 71.8. The maximum Gasteiger partial charge on any atom is 0.252 e. The van der Waals surface area contributed by atoms with Crippen LogP contribution in [0, 0.1) is 5.41 Å². The molecule has 0 unspecified atom stereocenters. The molecule has 2 aliphatic heterocycles. The summed E-state index contributed by atoms with van der Waals surface area (Å²) in [5.74, 6) is 0. The minimum absolute atomic E-state index is 0.140. The highest BCUT2D eigenvalue weighted by Gasteiger charge is 2.48.